The third kappa shape index (κ3) is 2.06. The highest BCUT2D eigenvalue weighted by atomic mass is 15.2. The van der Waals surface area contributed by atoms with E-state index in [-0.39, 0.29) is 0 Å². The van der Waals surface area contributed by atoms with Crippen molar-refractivity contribution < 1.29 is 0 Å². The van der Waals surface area contributed by atoms with Crippen molar-refractivity contribution in [2.75, 3.05) is 0 Å². The fourth-order valence-electron chi connectivity index (χ4n) is 2.45. The van der Waals surface area contributed by atoms with Gasteiger partial charge in [-0.05, 0) is 29.7 Å². The summed E-state index contributed by atoms with van der Waals surface area (Å²) in [6.07, 6.45) is 15.3. The molecule has 1 atom stereocenters. The molecular formula is C17H16N2. The molecule has 2 heterocycles. The van der Waals surface area contributed by atoms with Gasteiger partial charge in [0.2, 0.25) is 0 Å². The molecule has 0 saturated heterocycles. The van der Waals surface area contributed by atoms with Crippen LogP contribution in [0.3, 0.4) is 0 Å². The topological polar surface area (TPSA) is 17.3 Å². The van der Waals surface area contributed by atoms with E-state index in [4.69, 9.17) is 0 Å². The maximum Gasteiger partial charge on any atom is 0.0705 e. The maximum atomic E-state index is 4.42. The molecule has 2 heteroatoms. The number of pyridine rings is 1. The monoisotopic (exact) mass is 248 g/mol. The molecule has 0 aliphatic heterocycles. The number of fused-ring (bicyclic) bond motifs is 1. The Morgan fingerprint density at radius 3 is 2.89 bits per heavy atom. The first-order chi connectivity index (χ1) is 9.31. The zero-order valence-electron chi connectivity index (χ0n) is 10.8. The van der Waals surface area contributed by atoms with E-state index in [1.807, 2.05) is 35.1 Å². The van der Waals surface area contributed by atoms with E-state index in [9.17, 15) is 0 Å². The van der Waals surface area contributed by atoms with Crippen molar-refractivity contribution in [1.82, 2.24) is 9.61 Å². The van der Waals surface area contributed by atoms with Crippen molar-refractivity contribution in [2.24, 2.45) is 0 Å². The number of hydrogen-bond donors (Lipinski definition) is 0. The Morgan fingerprint density at radius 2 is 2.21 bits per heavy atom. The van der Waals surface area contributed by atoms with Crippen LogP contribution in [0, 0.1) is 0 Å². The summed E-state index contributed by atoms with van der Waals surface area (Å²) >= 11 is 0. The van der Waals surface area contributed by atoms with Crippen LogP contribution < -0.4 is 0 Å². The second-order valence-corrected chi connectivity index (χ2v) is 4.70. The lowest BCUT2D eigenvalue weighted by Crippen LogP contribution is -1.98. The Balaban J connectivity index is 2.02. The van der Waals surface area contributed by atoms with Gasteiger partial charge in [0.15, 0.2) is 0 Å². The van der Waals surface area contributed by atoms with Crippen molar-refractivity contribution in [3.05, 3.63) is 78.7 Å². The highest BCUT2D eigenvalue weighted by Crippen LogP contribution is 2.30. The summed E-state index contributed by atoms with van der Waals surface area (Å²) in [7, 11) is 0. The minimum absolute atomic E-state index is 0.390. The van der Waals surface area contributed by atoms with Crippen LogP contribution >= 0.6 is 0 Å². The van der Waals surface area contributed by atoms with E-state index in [1.165, 1.54) is 11.1 Å². The van der Waals surface area contributed by atoms with Gasteiger partial charge in [-0.15, -0.1) is 0 Å². The Hall–Kier alpha value is -2.35. The number of rotatable bonds is 3. The second kappa shape index (κ2) is 4.73. The minimum Gasteiger partial charge on any atom is -0.241 e. The van der Waals surface area contributed by atoms with Gasteiger partial charge < -0.3 is 0 Å². The molecule has 0 amide bonds. The summed E-state index contributed by atoms with van der Waals surface area (Å²) < 4.78 is 1.92. The molecule has 1 aliphatic carbocycles. The molecule has 3 rings (SSSR count). The molecule has 2 aromatic heterocycles. The number of aromatic nitrogens is 2. The Labute approximate surface area is 113 Å². The van der Waals surface area contributed by atoms with Gasteiger partial charge in [-0.3, -0.25) is 0 Å². The highest BCUT2D eigenvalue weighted by molar-refractivity contribution is 5.63. The Kier molecular flexibility index (Phi) is 2.92. The molecule has 0 fully saturated rings. The third-order valence-corrected chi connectivity index (χ3v) is 3.57. The molecule has 0 saturated carbocycles. The summed E-state index contributed by atoms with van der Waals surface area (Å²) in [6.45, 7) is 7.62. The lowest BCUT2D eigenvalue weighted by molar-refractivity contribution is 0.856. The quantitative estimate of drug-likeness (QED) is 0.798. The molecule has 1 aliphatic rings. The van der Waals surface area contributed by atoms with Crippen LogP contribution in [0.5, 0.6) is 0 Å². The predicted molar refractivity (Wildman–Crippen MR) is 80.1 cm³/mol. The van der Waals surface area contributed by atoms with Gasteiger partial charge in [0.05, 0.1) is 11.7 Å². The van der Waals surface area contributed by atoms with E-state index < -0.39 is 0 Å². The molecule has 0 N–H and O–H groups in total. The fourth-order valence-corrected chi connectivity index (χ4v) is 2.45. The van der Waals surface area contributed by atoms with E-state index >= 15 is 0 Å². The lowest BCUT2D eigenvalue weighted by Gasteiger charge is -2.14. The molecule has 2 nitrogen and oxygen atoms in total. The molecule has 94 valence electrons. The SMILES string of the molecule is C=CC1=CCC(c2cnn3ccc(C=C)cc23)C=C1. The number of nitrogens with zero attached hydrogens (tertiary/aromatic N) is 2. The van der Waals surface area contributed by atoms with Gasteiger partial charge in [-0.2, -0.15) is 5.10 Å². The summed E-state index contributed by atoms with van der Waals surface area (Å²) in [5.74, 6) is 0.390. The van der Waals surface area contributed by atoms with Gasteiger partial charge in [-0.25, -0.2) is 4.52 Å². The zero-order valence-corrected chi connectivity index (χ0v) is 10.8. The summed E-state index contributed by atoms with van der Waals surface area (Å²) in [5.41, 5.74) is 4.73. The normalized spacial score (nSPS) is 18.3. The maximum absolute atomic E-state index is 4.42. The smallest absolute Gasteiger partial charge is 0.0705 e. The van der Waals surface area contributed by atoms with Crippen LogP contribution in [0.15, 0.2) is 67.6 Å². The summed E-state index contributed by atoms with van der Waals surface area (Å²) in [5, 5.41) is 4.42. The van der Waals surface area contributed by atoms with Crippen LogP contribution in [-0.4, -0.2) is 9.61 Å². The Bertz CT molecular complexity index is 701. The first-order valence-electron chi connectivity index (χ1n) is 6.42. The van der Waals surface area contributed by atoms with Crippen LogP contribution in [0.1, 0.15) is 23.5 Å². The van der Waals surface area contributed by atoms with Crippen LogP contribution in [0.2, 0.25) is 0 Å². The molecule has 0 radical (unpaired) electrons. The van der Waals surface area contributed by atoms with E-state index in [1.54, 1.807) is 0 Å². The zero-order chi connectivity index (χ0) is 13.2. The van der Waals surface area contributed by atoms with Crippen molar-refractivity contribution in [2.45, 2.75) is 12.3 Å². The van der Waals surface area contributed by atoms with Crippen molar-refractivity contribution in [1.29, 1.82) is 0 Å². The Morgan fingerprint density at radius 1 is 1.32 bits per heavy atom. The van der Waals surface area contributed by atoms with E-state index in [2.05, 4.69) is 42.6 Å². The lowest BCUT2D eigenvalue weighted by atomic mass is 9.91. The van der Waals surface area contributed by atoms with Gasteiger partial charge in [0, 0.05) is 17.7 Å². The average molecular weight is 248 g/mol. The van der Waals surface area contributed by atoms with Crippen LogP contribution in [0.4, 0.5) is 0 Å². The number of hydrogen-bond acceptors (Lipinski definition) is 1. The number of allylic oxidation sites excluding steroid dienone is 5. The van der Waals surface area contributed by atoms with Crippen LogP contribution in [-0.2, 0) is 0 Å². The predicted octanol–water partition coefficient (Wildman–Crippen LogP) is 4.13. The molecule has 19 heavy (non-hydrogen) atoms. The van der Waals surface area contributed by atoms with E-state index in [0.29, 0.717) is 5.92 Å². The standard InChI is InChI=1S/C17H16N2/c1-3-13-5-7-15(8-6-13)16-12-18-19-10-9-14(4-2)11-17(16)19/h3-7,9-12,15H,1-2,8H2. The van der Waals surface area contributed by atoms with Crippen molar-refractivity contribution in [3.63, 3.8) is 0 Å². The van der Waals surface area contributed by atoms with Gasteiger partial charge in [-0.1, -0.05) is 43.5 Å². The summed E-state index contributed by atoms with van der Waals surface area (Å²) in [4.78, 5) is 0. The molecule has 1 unspecified atom stereocenters. The average Bonchev–Trinajstić information content (AvgIpc) is 2.90. The molecule has 2 aromatic rings. The molecule has 0 bridgehead atoms. The highest BCUT2D eigenvalue weighted by Gasteiger charge is 2.15. The third-order valence-electron chi connectivity index (χ3n) is 3.57. The molecule has 0 spiro atoms. The largest absolute Gasteiger partial charge is 0.241 e. The second-order valence-electron chi connectivity index (χ2n) is 4.70. The minimum atomic E-state index is 0.390. The van der Waals surface area contributed by atoms with Gasteiger partial charge in [0.25, 0.3) is 0 Å². The first kappa shape index (κ1) is 11.7. The molecular weight excluding hydrogens is 232 g/mol. The van der Waals surface area contributed by atoms with Crippen molar-refractivity contribution >= 4 is 11.6 Å². The van der Waals surface area contributed by atoms with Crippen molar-refractivity contribution in [3.8, 4) is 0 Å². The first-order valence-corrected chi connectivity index (χ1v) is 6.42. The van der Waals surface area contributed by atoms with Gasteiger partial charge >= 0.3 is 0 Å². The van der Waals surface area contributed by atoms with Gasteiger partial charge in [0.1, 0.15) is 0 Å². The fraction of sp³-hybridized carbons (Fsp3) is 0.118. The summed E-state index contributed by atoms with van der Waals surface area (Å²) in [6, 6.07) is 4.15. The molecule has 0 aromatic carbocycles. The van der Waals surface area contributed by atoms with Crippen LogP contribution in [0.25, 0.3) is 11.6 Å². The van der Waals surface area contributed by atoms with E-state index in [0.717, 1.165) is 17.5 Å².